The van der Waals surface area contributed by atoms with Crippen molar-refractivity contribution >= 4 is 21.9 Å². The predicted octanol–water partition coefficient (Wildman–Crippen LogP) is 2.14. The Bertz CT molecular complexity index is 841. The first kappa shape index (κ1) is 22.0. The molecule has 2 N–H and O–H groups in total. The SMILES string of the molecule is C=CCNS(=O)(=O)c1cc(C(=O)OCC(=O)NC2CCCCC2C)ccc1F. The molecular weight excluding hydrogens is 387 g/mol. The van der Waals surface area contributed by atoms with Crippen molar-refractivity contribution in [2.75, 3.05) is 13.2 Å². The van der Waals surface area contributed by atoms with E-state index in [2.05, 4.69) is 23.5 Å². The monoisotopic (exact) mass is 412 g/mol. The number of hydrogen-bond acceptors (Lipinski definition) is 5. The van der Waals surface area contributed by atoms with Crippen LogP contribution in [0.2, 0.25) is 0 Å². The molecule has 1 aromatic carbocycles. The van der Waals surface area contributed by atoms with E-state index in [1.165, 1.54) is 6.08 Å². The lowest BCUT2D eigenvalue weighted by molar-refractivity contribution is -0.125. The van der Waals surface area contributed by atoms with Crippen molar-refractivity contribution in [1.82, 2.24) is 10.0 Å². The maximum atomic E-state index is 13.9. The Morgan fingerprint density at radius 1 is 1.32 bits per heavy atom. The minimum Gasteiger partial charge on any atom is -0.452 e. The van der Waals surface area contributed by atoms with Gasteiger partial charge < -0.3 is 10.1 Å². The van der Waals surface area contributed by atoms with Crippen LogP contribution in [0.5, 0.6) is 0 Å². The number of hydrogen-bond donors (Lipinski definition) is 2. The number of carbonyl (C=O) groups is 2. The smallest absolute Gasteiger partial charge is 0.338 e. The molecule has 0 bridgehead atoms. The number of esters is 1. The number of ether oxygens (including phenoxy) is 1. The summed E-state index contributed by atoms with van der Waals surface area (Å²) in [6.45, 7) is 4.87. The first-order valence-electron chi connectivity index (χ1n) is 9.11. The minimum absolute atomic E-state index is 0.0541. The number of halogens is 1. The molecule has 2 rings (SSSR count). The van der Waals surface area contributed by atoms with E-state index in [9.17, 15) is 22.4 Å². The lowest BCUT2D eigenvalue weighted by atomic mass is 9.86. The molecule has 1 fully saturated rings. The summed E-state index contributed by atoms with van der Waals surface area (Å²) in [5.74, 6) is -1.97. The van der Waals surface area contributed by atoms with Gasteiger partial charge in [-0.15, -0.1) is 6.58 Å². The molecule has 7 nitrogen and oxygen atoms in total. The summed E-state index contributed by atoms with van der Waals surface area (Å²) >= 11 is 0. The fourth-order valence-electron chi connectivity index (χ4n) is 3.08. The van der Waals surface area contributed by atoms with E-state index in [1.54, 1.807) is 0 Å². The Kier molecular flexibility index (Phi) is 7.70. The van der Waals surface area contributed by atoms with Gasteiger partial charge in [0.2, 0.25) is 10.0 Å². The van der Waals surface area contributed by atoms with Crippen LogP contribution in [0, 0.1) is 11.7 Å². The average Bonchev–Trinajstić information content (AvgIpc) is 2.66. The van der Waals surface area contributed by atoms with E-state index < -0.39 is 39.2 Å². The van der Waals surface area contributed by atoms with Crippen LogP contribution in [0.3, 0.4) is 0 Å². The number of amides is 1. The highest BCUT2D eigenvalue weighted by molar-refractivity contribution is 7.89. The van der Waals surface area contributed by atoms with Crippen molar-refractivity contribution in [3.63, 3.8) is 0 Å². The summed E-state index contributed by atoms with van der Waals surface area (Å²) in [4.78, 5) is 23.5. The number of nitrogens with one attached hydrogen (secondary N) is 2. The van der Waals surface area contributed by atoms with Gasteiger partial charge in [0.05, 0.1) is 5.56 Å². The molecule has 28 heavy (non-hydrogen) atoms. The van der Waals surface area contributed by atoms with Crippen molar-refractivity contribution in [3.05, 3.63) is 42.2 Å². The van der Waals surface area contributed by atoms with Gasteiger partial charge in [0, 0.05) is 12.6 Å². The van der Waals surface area contributed by atoms with Crippen molar-refractivity contribution in [2.24, 2.45) is 5.92 Å². The van der Waals surface area contributed by atoms with Gasteiger partial charge >= 0.3 is 5.97 Å². The van der Waals surface area contributed by atoms with Crippen LogP contribution in [-0.2, 0) is 19.6 Å². The van der Waals surface area contributed by atoms with Gasteiger partial charge in [0.1, 0.15) is 10.7 Å². The molecule has 9 heteroatoms. The zero-order chi connectivity index (χ0) is 20.7. The zero-order valence-electron chi connectivity index (χ0n) is 15.7. The van der Waals surface area contributed by atoms with Crippen LogP contribution in [0.4, 0.5) is 4.39 Å². The third-order valence-corrected chi connectivity index (χ3v) is 6.10. The summed E-state index contributed by atoms with van der Waals surface area (Å²) in [5.41, 5.74) is -0.167. The molecule has 0 radical (unpaired) electrons. The maximum absolute atomic E-state index is 13.9. The van der Waals surface area contributed by atoms with Crippen LogP contribution < -0.4 is 10.0 Å². The zero-order valence-corrected chi connectivity index (χ0v) is 16.6. The van der Waals surface area contributed by atoms with Crippen LogP contribution in [0.1, 0.15) is 43.0 Å². The molecule has 1 aliphatic carbocycles. The molecule has 0 aromatic heterocycles. The van der Waals surface area contributed by atoms with E-state index in [0.717, 1.165) is 43.9 Å². The summed E-state index contributed by atoms with van der Waals surface area (Å²) in [7, 11) is -4.15. The molecule has 1 amide bonds. The van der Waals surface area contributed by atoms with Gasteiger partial charge in [0.15, 0.2) is 6.61 Å². The van der Waals surface area contributed by atoms with Crippen molar-refractivity contribution in [2.45, 2.75) is 43.5 Å². The Hall–Kier alpha value is -2.26. The summed E-state index contributed by atoms with van der Waals surface area (Å²) in [6, 6.07) is 2.90. The Morgan fingerprint density at radius 2 is 2.04 bits per heavy atom. The molecule has 2 unspecified atom stereocenters. The highest BCUT2D eigenvalue weighted by atomic mass is 32.2. The van der Waals surface area contributed by atoms with E-state index >= 15 is 0 Å². The Balaban J connectivity index is 1.99. The summed E-state index contributed by atoms with van der Waals surface area (Å²) in [6.07, 6.45) is 5.41. The standard InChI is InChI=1S/C19H25FN2O5S/c1-3-10-21-28(25,26)17-11-14(8-9-15(17)20)19(24)27-12-18(23)22-16-7-5-4-6-13(16)2/h3,8-9,11,13,16,21H,1,4-7,10,12H2,2H3,(H,22,23). The van der Waals surface area contributed by atoms with Gasteiger partial charge in [-0.05, 0) is 37.0 Å². The molecule has 2 atom stereocenters. The Labute approximate surface area is 164 Å². The van der Waals surface area contributed by atoms with Crippen LogP contribution in [0.25, 0.3) is 0 Å². The second-order valence-corrected chi connectivity index (χ2v) is 8.53. The number of benzene rings is 1. The Morgan fingerprint density at radius 3 is 2.71 bits per heavy atom. The van der Waals surface area contributed by atoms with Crippen LogP contribution >= 0.6 is 0 Å². The first-order chi connectivity index (χ1) is 13.2. The van der Waals surface area contributed by atoms with Crippen molar-refractivity contribution in [3.8, 4) is 0 Å². The predicted molar refractivity (Wildman–Crippen MR) is 102 cm³/mol. The van der Waals surface area contributed by atoms with Crippen molar-refractivity contribution in [1.29, 1.82) is 0 Å². The summed E-state index contributed by atoms with van der Waals surface area (Å²) < 4.78 is 45.2. The van der Waals surface area contributed by atoms with E-state index in [-0.39, 0.29) is 18.2 Å². The first-order valence-corrected chi connectivity index (χ1v) is 10.6. The third kappa shape index (κ3) is 5.87. The molecule has 0 heterocycles. The molecular formula is C19H25FN2O5S. The van der Waals surface area contributed by atoms with Gasteiger partial charge in [-0.2, -0.15) is 0 Å². The lowest BCUT2D eigenvalue weighted by Gasteiger charge is -2.29. The molecule has 1 aliphatic rings. The number of carbonyl (C=O) groups excluding carboxylic acids is 2. The van der Waals surface area contributed by atoms with Crippen molar-refractivity contribution < 1.29 is 27.1 Å². The van der Waals surface area contributed by atoms with Gasteiger partial charge in [0.25, 0.3) is 5.91 Å². The molecule has 0 spiro atoms. The lowest BCUT2D eigenvalue weighted by Crippen LogP contribution is -2.42. The minimum atomic E-state index is -4.15. The topological polar surface area (TPSA) is 102 Å². The molecule has 154 valence electrons. The van der Waals surface area contributed by atoms with Gasteiger partial charge in [-0.25, -0.2) is 22.3 Å². The fraction of sp³-hybridized carbons (Fsp3) is 0.474. The fourth-order valence-corrected chi connectivity index (χ4v) is 4.18. The third-order valence-electron chi connectivity index (χ3n) is 4.67. The molecule has 1 aromatic rings. The van der Waals surface area contributed by atoms with Crippen LogP contribution in [0.15, 0.2) is 35.7 Å². The van der Waals surface area contributed by atoms with E-state index in [0.29, 0.717) is 5.92 Å². The van der Waals surface area contributed by atoms with E-state index in [4.69, 9.17) is 4.74 Å². The largest absolute Gasteiger partial charge is 0.452 e. The molecule has 1 saturated carbocycles. The van der Waals surface area contributed by atoms with Gasteiger partial charge in [-0.1, -0.05) is 25.8 Å². The second-order valence-electron chi connectivity index (χ2n) is 6.80. The normalized spacial score (nSPS) is 19.6. The molecule has 0 aliphatic heterocycles. The van der Waals surface area contributed by atoms with E-state index in [1.807, 2.05) is 0 Å². The average molecular weight is 412 g/mol. The number of sulfonamides is 1. The highest BCUT2D eigenvalue weighted by Gasteiger charge is 2.24. The molecule has 0 saturated heterocycles. The number of rotatable bonds is 8. The second kappa shape index (κ2) is 9.79. The quantitative estimate of drug-likeness (QED) is 0.503. The van der Waals surface area contributed by atoms with Crippen LogP contribution in [-0.4, -0.2) is 39.5 Å². The van der Waals surface area contributed by atoms with Gasteiger partial charge in [-0.3, -0.25) is 4.79 Å². The summed E-state index contributed by atoms with van der Waals surface area (Å²) in [5, 5.41) is 2.85. The highest BCUT2D eigenvalue weighted by Crippen LogP contribution is 2.23. The maximum Gasteiger partial charge on any atom is 0.338 e.